The summed E-state index contributed by atoms with van der Waals surface area (Å²) in [5, 5.41) is 6.47. The number of thiophene rings is 1. The molecule has 0 saturated heterocycles. The van der Waals surface area contributed by atoms with Crippen LogP contribution in [0.5, 0.6) is 23.0 Å². The minimum Gasteiger partial charge on any atom is -0.449 e. The smallest absolute Gasteiger partial charge is 0.180 e. The molecule has 0 amide bonds. The second-order valence-corrected chi connectivity index (χ2v) is 6.69. The molecule has 24 heavy (non-hydrogen) atoms. The summed E-state index contributed by atoms with van der Waals surface area (Å²) in [5.41, 5.74) is 2.51. The van der Waals surface area contributed by atoms with Crippen molar-refractivity contribution in [1.29, 1.82) is 0 Å². The Kier molecular flexibility index (Phi) is 3.06. The fourth-order valence-corrected chi connectivity index (χ4v) is 3.71. The van der Waals surface area contributed by atoms with Crippen LogP contribution in [-0.2, 0) is 6.42 Å². The molecule has 1 aliphatic heterocycles. The topological polar surface area (TPSA) is 18.5 Å². The first-order valence-corrected chi connectivity index (χ1v) is 8.82. The molecule has 4 aromatic rings. The quantitative estimate of drug-likeness (QED) is 0.373. The lowest BCUT2D eigenvalue weighted by atomic mass is 10.0. The molecule has 0 N–H and O–H groups in total. The second kappa shape index (κ2) is 5.39. The van der Waals surface area contributed by atoms with Crippen molar-refractivity contribution in [2.24, 2.45) is 0 Å². The maximum absolute atomic E-state index is 5.95. The number of benzene rings is 3. The molecule has 2 heterocycles. The zero-order valence-electron chi connectivity index (χ0n) is 12.9. The number of hydrogen-bond acceptors (Lipinski definition) is 3. The van der Waals surface area contributed by atoms with E-state index < -0.39 is 0 Å². The molecule has 1 aromatic heterocycles. The Labute approximate surface area is 143 Å². The minimum absolute atomic E-state index is 0.781. The van der Waals surface area contributed by atoms with Crippen molar-refractivity contribution in [3.8, 4) is 23.0 Å². The molecule has 116 valence electrons. The van der Waals surface area contributed by atoms with Crippen LogP contribution in [0.4, 0.5) is 0 Å². The zero-order valence-corrected chi connectivity index (χ0v) is 13.7. The molecule has 2 nitrogen and oxygen atoms in total. The third-order valence-electron chi connectivity index (χ3n) is 4.26. The van der Waals surface area contributed by atoms with Crippen molar-refractivity contribution in [3.63, 3.8) is 0 Å². The number of hydrogen-bond donors (Lipinski definition) is 0. The molecule has 0 aliphatic carbocycles. The van der Waals surface area contributed by atoms with E-state index in [1.165, 1.54) is 21.9 Å². The predicted octanol–water partition coefficient (Wildman–Crippen LogP) is 6.39. The molecule has 1 aliphatic rings. The van der Waals surface area contributed by atoms with Gasteiger partial charge in [-0.3, -0.25) is 0 Å². The molecule has 0 bridgehead atoms. The molecular formula is C21H14O2S. The first-order valence-electron chi connectivity index (χ1n) is 7.88. The van der Waals surface area contributed by atoms with Gasteiger partial charge in [-0.05, 0) is 40.5 Å². The summed E-state index contributed by atoms with van der Waals surface area (Å²) < 4.78 is 11.8. The Morgan fingerprint density at radius 2 is 1.33 bits per heavy atom. The number of fused-ring (bicyclic) bond motifs is 3. The largest absolute Gasteiger partial charge is 0.449 e. The highest BCUT2D eigenvalue weighted by atomic mass is 32.1. The van der Waals surface area contributed by atoms with Crippen LogP contribution in [-0.4, -0.2) is 0 Å². The van der Waals surface area contributed by atoms with E-state index in [-0.39, 0.29) is 0 Å². The van der Waals surface area contributed by atoms with E-state index in [0.717, 1.165) is 29.4 Å². The molecule has 0 saturated carbocycles. The van der Waals surface area contributed by atoms with Crippen molar-refractivity contribution in [2.75, 3.05) is 0 Å². The van der Waals surface area contributed by atoms with Crippen LogP contribution < -0.4 is 9.47 Å². The van der Waals surface area contributed by atoms with Crippen molar-refractivity contribution < 1.29 is 9.47 Å². The molecule has 3 heteroatoms. The predicted molar refractivity (Wildman–Crippen MR) is 97.7 cm³/mol. The van der Waals surface area contributed by atoms with Gasteiger partial charge in [-0.1, -0.05) is 48.5 Å². The zero-order chi connectivity index (χ0) is 15.9. The van der Waals surface area contributed by atoms with Gasteiger partial charge in [0.2, 0.25) is 0 Å². The Morgan fingerprint density at radius 1 is 0.625 bits per heavy atom. The molecular weight excluding hydrogens is 316 g/mol. The van der Waals surface area contributed by atoms with E-state index >= 15 is 0 Å². The Morgan fingerprint density at radius 3 is 2.21 bits per heavy atom. The van der Waals surface area contributed by atoms with Gasteiger partial charge in [0.25, 0.3) is 0 Å². The molecule has 3 aromatic carbocycles. The molecule has 0 atom stereocenters. The normalized spacial score (nSPS) is 12.2. The highest BCUT2D eigenvalue weighted by Crippen LogP contribution is 2.47. The maximum Gasteiger partial charge on any atom is 0.180 e. The van der Waals surface area contributed by atoms with Crippen LogP contribution in [0.2, 0.25) is 0 Å². The van der Waals surface area contributed by atoms with E-state index in [9.17, 15) is 0 Å². The van der Waals surface area contributed by atoms with E-state index in [1.54, 1.807) is 11.3 Å². The van der Waals surface area contributed by atoms with Gasteiger partial charge in [-0.25, -0.2) is 0 Å². The van der Waals surface area contributed by atoms with Gasteiger partial charge in [0.1, 0.15) is 0 Å². The number of rotatable bonds is 2. The van der Waals surface area contributed by atoms with Gasteiger partial charge < -0.3 is 9.47 Å². The summed E-state index contributed by atoms with van der Waals surface area (Å²) >= 11 is 1.58. The Bertz CT molecular complexity index is 1050. The van der Waals surface area contributed by atoms with Crippen LogP contribution >= 0.6 is 11.3 Å². The van der Waals surface area contributed by atoms with Crippen molar-refractivity contribution >= 4 is 22.1 Å². The monoisotopic (exact) mass is 330 g/mol. The fourth-order valence-electron chi connectivity index (χ4n) is 3.07. The fraction of sp³-hybridized carbons (Fsp3) is 0.0476. The first-order chi connectivity index (χ1) is 11.8. The van der Waals surface area contributed by atoms with Gasteiger partial charge >= 0.3 is 0 Å². The SMILES string of the molecule is c1ccc2cc(Cc3ccc4c(c3)Oc3cscc3O4)ccc2c1. The molecule has 0 fully saturated rings. The summed E-state index contributed by atoms with van der Waals surface area (Å²) in [6.45, 7) is 0. The first kappa shape index (κ1) is 13.6. The summed E-state index contributed by atoms with van der Waals surface area (Å²) in [6.07, 6.45) is 0.873. The van der Waals surface area contributed by atoms with Crippen LogP contribution in [0.3, 0.4) is 0 Å². The Hall–Kier alpha value is -2.78. The molecule has 0 radical (unpaired) electrons. The second-order valence-electron chi connectivity index (χ2n) is 5.94. The van der Waals surface area contributed by atoms with Crippen LogP contribution in [0.1, 0.15) is 11.1 Å². The highest BCUT2D eigenvalue weighted by Gasteiger charge is 2.19. The third-order valence-corrected chi connectivity index (χ3v) is 4.96. The summed E-state index contributed by atoms with van der Waals surface area (Å²) in [4.78, 5) is 0. The summed E-state index contributed by atoms with van der Waals surface area (Å²) in [7, 11) is 0. The van der Waals surface area contributed by atoms with Crippen molar-refractivity contribution in [2.45, 2.75) is 6.42 Å². The van der Waals surface area contributed by atoms with Gasteiger partial charge in [0.15, 0.2) is 23.0 Å². The van der Waals surface area contributed by atoms with Gasteiger partial charge in [0, 0.05) is 10.8 Å². The maximum atomic E-state index is 5.95. The lowest BCUT2D eigenvalue weighted by molar-refractivity contribution is 0.362. The van der Waals surface area contributed by atoms with Crippen LogP contribution in [0.25, 0.3) is 10.8 Å². The summed E-state index contributed by atoms with van der Waals surface area (Å²) in [6, 6.07) is 21.2. The Balaban J connectivity index is 1.46. The molecule has 0 unspecified atom stereocenters. The lowest BCUT2D eigenvalue weighted by Gasteiger charge is -2.18. The van der Waals surface area contributed by atoms with Crippen molar-refractivity contribution in [3.05, 3.63) is 82.6 Å². The average Bonchev–Trinajstić information content (AvgIpc) is 3.07. The minimum atomic E-state index is 0.781. The van der Waals surface area contributed by atoms with E-state index in [1.807, 2.05) is 16.8 Å². The number of ether oxygens (including phenoxy) is 2. The standard InChI is InChI=1S/C21H14O2S/c1-2-4-17-10-14(5-7-16(17)3-1)9-15-6-8-18-19(11-15)23-21-13-24-12-20(21)22-18/h1-8,10-13H,9H2. The van der Waals surface area contributed by atoms with Gasteiger partial charge in [0.05, 0.1) is 0 Å². The average molecular weight is 330 g/mol. The van der Waals surface area contributed by atoms with Crippen LogP contribution in [0.15, 0.2) is 71.4 Å². The van der Waals surface area contributed by atoms with E-state index in [0.29, 0.717) is 0 Å². The molecule has 5 rings (SSSR count). The van der Waals surface area contributed by atoms with Gasteiger partial charge in [-0.2, -0.15) is 0 Å². The summed E-state index contributed by atoms with van der Waals surface area (Å²) in [5.74, 6) is 3.17. The van der Waals surface area contributed by atoms with Crippen molar-refractivity contribution in [1.82, 2.24) is 0 Å². The lowest BCUT2D eigenvalue weighted by Crippen LogP contribution is -1.98. The van der Waals surface area contributed by atoms with E-state index in [2.05, 4.69) is 54.6 Å². The molecule has 0 spiro atoms. The van der Waals surface area contributed by atoms with E-state index in [4.69, 9.17) is 9.47 Å². The van der Waals surface area contributed by atoms with Crippen LogP contribution in [0, 0.1) is 0 Å². The van der Waals surface area contributed by atoms with Gasteiger partial charge in [-0.15, -0.1) is 11.3 Å². The highest BCUT2D eigenvalue weighted by molar-refractivity contribution is 7.08. The third kappa shape index (κ3) is 2.34.